The molecule has 7 aliphatic rings. The number of benzene rings is 1. The summed E-state index contributed by atoms with van der Waals surface area (Å²) in [5.74, 6) is 0.893. The molecule has 1 aromatic rings. The molecule has 3 saturated heterocycles. The van der Waals surface area contributed by atoms with Crippen LogP contribution in [0.1, 0.15) is 104 Å². The molecule has 272 valence electrons. The van der Waals surface area contributed by atoms with E-state index in [0.717, 1.165) is 50.5 Å². The van der Waals surface area contributed by atoms with Gasteiger partial charge in [0.1, 0.15) is 24.9 Å². The van der Waals surface area contributed by atoms with Crippen molar-refractivity contribution in [3.8, 4) is 0 Å². The standard InChI is InChI=1S/C41H60O8/c1-24(21-42)11-14-31-25(2)34-32(47-31)20-40(5)30-13-12-27-19-28(15-17-38(27,3)29(30)16-18-39(34,40)4)49-41(44)23-46-33-22-45-37(48-35(33)36(41)43)26-9-7-6-8-10-26/h6-10,12,24-25,28-37,42-44H,11,13-23H2,1-5H3. The second-order valence-corrected chi connectivity index (χ2v) is 17.9. The predicted molar refractivity (Wildman–Crippen MR) is 184 cm³/mol. The van der Waals surface area contributed by atoms with Gasteiger partial charge in [0.25, 0.3) is 0 Å². The monoisotopic (exact) mass is 680 g/mol. The fourth-order valence-corrected chi connectivity index (χ4v) is 12.4. The molecule has 49 heavy (non-hydrogen) atoms. The average Bonchev–Trinajstić information content (AvgIpc) is 3.54. The highest BCUT2D eigenvalue weighted by molar-refractivity contribution is 5.28. The third-order valence-corrected chi connectivity index (χ3v) is 15.5. The maximum absolute atomic E-state index is 11.7. The van der Waals surface area contributed by atoms with Gasteiger partial charge in [-0.2, -0.15) is 0 Å². The Balaban J connectivity index is 0.945. The second-order valence-electron chi connectivity index (χ2n) is 17.9. The van der Waals surface area contributed by atoms with Crippen molar-refractivity contribution in [2.75, 3.05) is 19.8 Å². The van der Waals surface area contributed by atoms with Gasteiger partial charge in [0.15, 0.2) is 6.29 Å². The Bertz CT molecular complexity index is 1390. The summed E-state index contributed by atoms with van der Waals surface area (Å²) in [5, 5.41) is 32.8. The minimum atomic E-state index is -1.84. The molecule has 8 heteroatoms. The molecule has 16 unspecified atom stereocenters. The molecule has 3 aliphatic heterocycles. The van der Waals surface area contributed by atoms with E-state index >= 15 is 0 Å². The van der Waals surface area contributed by atoms with E-state index in [0.29, 0.717) is 41.8 Å². The molecule has 0 spiro atoms. The molecule has 3 heterocycles. The van der Waals surface area contributed by atoms with Crippen molar-refractivity contribution in [2.45, 2.75) is 141 Å². The van der Waals surface area contributed by atoms with E-state index in [1.54, 1.807) is 0 Å². The first-order chi connectivity index (χ1) is 23.4. The lowest BCUT2D eigenvalue weighted by Crippen LogP contribution is -2.66. The number of allylic oxidation sites excluding steroid dienone is 1. The minimum Gasteiger partial charge on any atom is -0.396 e. The first kappa shape index (κ1) is 34.7. The van der Waals surface area contributed by atoms with Gasteiger partial charge in [-0.25, -0.2) is 0 Å². The Morgan fingerprint density at radius 3 is 2.55 bits per heavy atom. The first-order valence-electron chi connectivity index (χ1n) is 19.4. The molecule has 3 saturated carbocycles. The molecule has 8 rings (SSSR count). The van der Waals surface area contributed by atoms with Crippen LogP contribution < -0.4 is 0 Å². The minimum absolute atomic E-state index is 0.113. The second kappa shape index (κ2) is 12.6. The molecule has 1 aromatic carbocycles. The summed E-state index contributed by atoms with van der Waals surface area (Å²) < 4.78 is 31.5. The largest absolute Gasteiger partial charge is 0.396 e. The number of hydrogen-bond donors (Lipinski definition) is 3. The number of rotatable bonds is 7. The van der Waals surface area contributed by atoms with Crippen LogP contribution in [0, 0.1) is 45.8 Å². The number of fused-ring (bicyclic) bond motifs is 8. The first-order valence-corrected chi connectivity index (χ1v) is 19.4. The molecule has 8 nitrogen and oxygen atoms in total. The lowest BCUT2D eigenvalue weighted by atomic mass is 9.42. The van der Waals surface area contributed by atoms with Crippen LogP contribution in [0.25, 0.3) is 0 Å². The molecule has 0 amide bonds. The van der Waals surface area contributed by atoms with E-state index in [-0.39, 0.29) is 42.2 Å². The van der Waals surface area contributed by atoms with Crippen LogP contribution in [0.2, 0.25) is 0 Å². The van der Waals surface area contributed by atoms with Gasteiger partial charge >= 0.3 is 0 Å². The quantitative estimate of drug-likeness (QED) is 0.227. The van der Waals surface area contributed by atoms with Crippen LogP contribution in [0.15, 0.2) is 42.0 Å². The van der Waals surface area contributed by atoms with Crippen molar-refractivity contribution < 1.29 is 39.0 Å². The Morgan fingerprint density at radius 2 is 1.78 bits per heavy atom. The summed E-state index contributed by atoms with van der Waals surface area (Å²) in [4.78, 5) is 0. The summed E-state index contributed by atoms with van der Waals surface area (Å²) >= 11 is 0. The number of ether oxygens (including phenoxy) is 5. The molecular weight excluding hydrogens is 620 g/mol. The van der Waals surface area contributed by atoms with E-state index in [1.165, 1.54) is 18.4 Å². The molecule has 3 N–H and O–H groups in total. The number of hydrogen-bond acceptors (Lipinski definition) is 8. The van der Waals surface area contributed by atoms with Gasteiger partial charge in [0.2, 0.25) is 5.79 Å². The molecule has 0 bridgehead atoms. The van der Waals surface area contributed by atoms with E-state index in [2.05, 4.69) is 40.7 Å². The van der Waals surface area contributed by atoms with Gasteiger partial charge in [-0.1, -0.05) is 76.6 Å². The van der Waals surface area contributed by atoms with Crippen molar-refractivity contribution in [3.05, 3.63) is 47.5 Å². The topological polar surface area (TPSA) is 107 Å². The van der Waals surface area contributed by atoms with E-state index in [4.69, 9.17) is 23.7 Å². The summed E-state index contributed by atoms with van der Waals surface area (Å²) in [6, 6.07) is 9.67. The molecule has 0 aromatic heterocycles. The van der Waals surface area contributed by atoms with Crippen LogP contribution in [0.3, 0.4) is 0 Å². The van der Waals surface area contributed by atoms with Gasteiger partial charge < -0.3 is 39.0 Å². The van der Waals surface area contributed by atoms with Crippen molar-refractivity contribution in [1.29, 1.82) is 0 Å². The maximum atomic E-state index is 11.7. The third-order valence-electron chi connectivity index (χ3n) is 15.5. The fraction of sp³-hybridized carbons (Fsp3) is 0.805. The Hall–Kier alpha value is -1.36. The SMILES string of the molecule is CC(CO)CCC1OC2CC3(C)C4CC=C5CC(OC6(O)COC7COC(c8ccccc8)OC7C6O)CCC5(C)C4CCC3(C)C2C1C. The summed E-state index contributed by atoms with van der Waals surface area (Å²) in [5.41, 5.74) is 2.95. The van der Waals surface area contributed by atoms with Gasteiger partial charge in [0, 0.05) is 12.2 Å². The summed E-state index contributed by atoms with van der Waals surface area (Å²) in [6.45, 7) is 12.7. The van der Waals surface area contributed by atoms with Gasteiger partial charge in [0.05, 0.1) is 24.9 Å². The molecule has 6 fully saturated rings. The number of aliphatic hydroxyl groups is 3. The van der Waals surface area contributed by atoms with Crippen molar-refractivity contribution >= 4 is 0 Å². The highest BCUT2D eigenvalue weighted by atomic mass is 16.7. The molecule has 0 radical (unpaired) electrons. The van der Waals surface area contributed by atoms with Crippen LogP contribution in [-0.2, 0) is 23.7 Å². The van der Waals surface area contributed by atoms with Gasteiger partial charge in [-0.3, -0.25) is 0 Å². The zero-order valence-corrected chi connectivity index (χ0v) is 30.3. The normalized spacial score (nSPS) is 51.1. The van der Waals surface area contributed by atoms with E-state index in [9.17, 15) is 15.3 Å². The third kappa shape index (κ3) is 5.45. The molecule has 4 aliphatic carbocycles. The molecular formula is C41H60O8. The zero-order valence-electron chi connectivity index (χ0n) is 30.3. The van der Waals surface area contributed by atoms with Crippen LogP contribution >= 0.6 is 0 Å². The Kier molecular flexibility index (Phi) is 8.96. The predicted octanol–water partition coefficient (Wildman–Crippen LogP) is 6.33. The van der Waals surface area contributed by atoms with E-state index < -0.39 is 30.4 Å². The lowest BCUT2D eigenvalue weighted by Gasteiger charge is -2.63. The Labute approximate surface area is 292 Å². The van der Waals surface area contributed by atoms with Crippen LogP contribution in [-0.4, -0.2) is 77.6 Å². The number of aliphatic hydroxyl groups excluding tert-OH is 2. The van der Waals surface area contributed by atoms with Gasteiger partial charge in [-0.05, 0) is 104 Å². The van der Waals surface area contributed by atoms with Gasteiger partial charge in [-0.15, -0.1) is 0 Å². The van der Waals surface area contributed by atoms with E-state index in [1.807, 2.05) is 30.3 Å². The van der Waals surface area contributed by atoms with Crippen molar-refractivity contribution in [3.63, 3.8) is 0 Å². The fourth-order valence-electron chi connectivity index (χ4n) is 12.4. The lowest BCUT2D eigenvalue weighted by molar-refractivity contribution is -0.388. The summed E-state index contributed by atoms with van der Waals surface area (Å²) in [6.07, 6.45) is 9.34. The molecule has 16 atom stereocenters. The average molecular weight is 681 g/mol. The smallest absolute Gasteiger partial charge is 0.219 e. The van der Waals surface area contributed by atoms with Crippen molar-refractivity contribution in [1.82, 2.24) is 0 Å². The maximum Gasteiger partial charge on any atom is 0.219 e. The summed E-state index contributed by atoms with van der Waals surface area (Å²) in [7, 11) is 0. The van der Waals surface area contributed by atoms with Crippen LogP contribution in [0.4, 0.5) is 0 Å². The van der Waals surface area contributed by atoms with Crippen molar-refractivity contribution in [2.24, 2.45) is 45.8 Å². The highest BCUT2D eigenvalue weighted by Gasteiger charge is 2.70. The van der Waals surface area contributed by atoms with Crippen LogP contribution in [0.5, 0.6) is 0 Å². The Morgan fingerprint density at radius 1 is 0.980 bits per heavy atom. The zero-order chi connectivity index (χ0) is 34.3. The highest BCUT2D eigenvalue weighted by Crippen LogP contribution is 2.74.